The summed E-state index contributed by atoms with van der Waals surface area (Å²) in [5, 5.41) is 0. The van der Waals surface area contributed by atoms with Gasteiger partial charge < -0.3 is 0 Å². The number of aromatic nitrogens is 1. The van der Waals surface area contributed by atoms with E-state index in [0.29, 0.717) is 0 Å². The fourth-order valence-corrected chi connectivity index (χ4v) is 3.68. The number of rotatable bonds is 18. The van der Waals surface area contributed by atoms with Crippen LogP contribution < -0.4 is 10.3 Å². The van der Waals surface area contributed by atoms with Gasteiger partial charge in [-0.1, -0.05) is 109 Å². The van der Waals surface area contributed by atoms with Gasteiger partial charge in [-0.3, -0.25) is 5.73 Å². The van der Waals surface area contributed by atoms with Crippen LogP contribution in [-0.4, -0.2) is 0 Å². The molecule has 1 heterocycles. The van der Waals surface area contributed by atoms with Crippen LogP contribution in [0, 0.1) is 0 Å². The van der Waals surface area contributed by atoms with Crippen molar-refractivity contribution in [2.75, 3.05) is 0 Å². The SMILES string of the molecule is CCCCCCCCCCCCCCCCCCC(N)[n+]1ccccc1. The lowest BCUT2D eigenvalue weighted by molar-refractivity contribution is -0.723. The fourth-order valence-electron chi connectivity index (χ4n) is 3.68. The first kappa shape index (κ1) is 23.1. The van der Waals surface area contributed by atoms with E-state index in [1.165, 1.54) is 103 Å². The first-order valence-electron chi connectivity index (χ1n) is 11.6. The largest absolute Gasteiger partial charge is 0.273 e. The minimum atomic E-state index is 0.142. The average molecular weight is 362 g/mol. The minimum Gasteiger partial charge on any atom is -0.273 e. The highest BCUT2D eigenvalue weighted by molar-refractivity contribution is 4.83. The van der Waals surface area contributed by atoms with Crippen LogP contribution in [0.5, 0.6) is 0 Å². The molecular weight excluding hydrogens is 316 g/mol. The van der Waals surface area contributed by atoms with Gasteiger partial charge in [0.05, 0.1) is 0 Å². The molecule has 0 aliphatic rings. The molecule has 0 fully saturated rings. The number of nitrogens with two attached hydrogens (primary N) is 1. The van der Waals surface area contributed by atoms with Crippen LogP contribution in [0.4, 0.5) is 0 Å². The van der Waals surface area contributed by atoms with Crippen LogP contribution in [0.3, 0.4) is 0 Å². The lowest BCUT2D eigenvalue weighted by atomic mass is 10.0. The third-order valence-electron chi connectivity index (χ3n) is 5.48. The van der Waals surface area contributed by atoms with Crippen molar-refractivity contribution >= 4 is 0 Å². The standard InChI is InChI=1S/C24H45N2/c1-2-3-4-5-6-7-8-9-10-11-12-13-14-15-16-18-21-24(25)26-22-19-17-20-23-26/h17,19-20,22-24H,2-16,18,21,25H2,1H3/q+1. The molecule has 2 nitrogen and oxygen atoms in total. The number of nitrogens with zero attached hydrogens (tertiary/aromatic N) is 1. The van der Waals surface area contributed by atoms with Gasteiger partial charge in [0.1, 0.15) is 0 Å². The van der Waals surface area contributed by atoms with Gasteiger partial charge in [0.15, 0.2) is 12.4 Å². The van der Waals surface area contributed by atoms with Crippen molar-refractivity contribution in [3.8, 4) is 0 Å². The first-order valence-corrected chi connectivity index (χ1v) is 11.6. The zero-order valence-corrected chi connectivity index (χ0v) is 17.5. The van der Waals surface area contributed by atoms with E-state index in [-0.39, 0.29) is 6.17 Å². The van der Waals surface area contributed by atoms with Gasteiger partial charge in [0.25, 0.3) is 0 Å². The normalized spacial score (nSPS) is 12.4. The number of hydrogen-bond acceptors (Lipinski definition) is 1. The predicted octanol–water partition coefficient (Wildman–Crippen LogP) is 7.08. The Morgan fingerprint density at radius 1 is 0.577 bits per heavy atom. The van der Waals surface area contributed by atoms with Crippen molar-refractivity contribution in [1.82, 2.24) is 0 Å². The van der Waals surface area contributed by atoms with Gasteiger partial charge in [-0.25, -0.2) is 0 Å². The summed E-state index contributed by atoms with van der Waals surface area (Å²) in [6, 6.07) is 6.14. The molecule has 1 unspecified atom stereocenters. The maximum absolute atomic E-state index is 6.22. The van der Waals surface area contributed by atoms with Crippen molar-refractivity contribution in [2.24, 2.45) is 5.73 Å². The summed E-state index contributed by atoms with van der Waals surface area (Å²) in [5.41, 5.74) is 6.22. The number of hydrogen-bond donors (Lipinski definition) is 1. The third-order valence-corrected chi connectivity index (χ3v) is 5.48. The van der Waals surface area contributed by atoms with E-state index in [1.807, 2.05) is 18.2 Å². The molecule has 0 aliphatic heterocycles. The molecule has 0 radical (unpaired) electrons. The maximum Gasteiger partial charge on any atom is 0.209 e. The topological polar surface area (TPSA) is 29.9 Å². The smallest absolute Gasteiger partial charge is 0.209 e. The Kier molecular flexibility index (Phi) is 15.6. The number of unbranched alkanes of at least 4 members (excludes halogenated alkanes) is 15. The molecule has 2 N–H and O–H groups in total. The Morgan fingerprint density at radius 3 is 1.38 bits per heavy atom. The highest BCUT2D eigenvalue weighted by Gasteiger charge is 2.10. The Hall–Kier alpha value is -0.890. The van der Waals surface area contributed by atoms with Crippen molar-refractivity contribution in [3.05, 3.63) is 30.6 Å². The van der Waals surface area contributed by atoms with E-state index in [1.54, 1.807) is 0 Å². The minimum absolute atomic E-state index is 0.142. The quantitative estimate of drug-likeness (QED) is 0.220. The Balaban J connectivity index is 1.76. The van der Waals surface area contributed by atoms with Gasteiger partial charge in [-0.2, -0.15) is 4.57 Å². The van der Waals surface area contributed by atoms with Crippen molar-refractivity contribution < 1.29 is 4.57 Å². The van der Waals surface area contributed by atoms with Crippen molar-refractivity contribution in [1.29, 1.82) is 0 Å². The lowest BCUT2D eigenvalue weighted by Gasteiger charge is -2.07. The van der Waals surface area contributed by atoms with Gasteiger partial charge >= 0.3 is 0 Å². The second kappa shape index (κ2) is 17.5. The zero-order chi connectivity index (χ0) is 18.7. The molecule has 0 spiro atoms. The molecule has 0 saturated heterocycles. The Bertz CT molecular complexity index is 390. The lowest BCUT2D eigenvalue weighted by Crippen LogP contribution is -2.43. The molecule has 0 saturated carbocycles. The fraction of sp³-hybridized carbons (Fsp3) is 0.792. The molecule has 1 atom stereocenters. The second-order valence-electron chi connectivity index (χ2n) is 7.98. The summed E-state index contributed by atoms with van der Waals surface area (Å²) in [6.07, 6.45) is 28.1. The van der Waals surface area contributed by atoms with E-state index in [2.05, 4.69) is 23.9 Å². The van der Waals surface area contributed by atoms with Crippen LogP contribution in [-0.2, 0) is 0 Å². The van der Waals surface area contributed by atoms with Gasteiger partial charge in [0, 0.05) is 18.6 Å². The summed E-state index contributed by atoms with van der Waals surface area (Å²) < 4.78 is 2.12. The average Bonchev–Trinajstić information content (AvgIpc) is 2.68. The molecular formula is C24H45N2+. The van der Waals surface area contributed by atoms with E-state index >= 15 is 0 Å². The van der Waals surface area contributed by atoms with Crippen LogP contribution >= 0.6 is 0 Å². The summed E-state index contributed by atoms with van der Waals surface area (Å²) in [6.45, 7) is 2.29. The molecule has 0 aromatic carbocycles. The second-order valence-corrected chi connectivity index (χ2v) is 7.98. The van der Waals surface area contributed by atoms with Crippen LogP contribution in [0.15, 0.2) is 30.6 Å². The molecule has 1 aromatic rings. The highest BCUT2D eigenvalue weighted by atomic mass is 15.1. The van der Waals surface area contributed by atoms with E-state index < -0.39 is 0 Å². The monoisotopic (exact) mass is 361 g/mol. The summed E-state index contributed by atoms with van der Waals surface area (Å²) in [4.78, 5) is 0. The zero-order valence-electron chi connectivity index (χ0n) is 17.5. The molecule has 150 valence electrons. The number of pyridine rings is 1. The Labute approximate surface area is 163 Å². The molecule has 0 bridgehead atoms. The molecule has 26 heavy (non-hydrogen) atoms. The molecule has 2 heteroatoms. The molecule has 1 rings (SSSR count). The van der Waals surface area contributed by atoms with E-state index in [4.69, 9.17) is 5.73 Å². The molecule has 0 amide bonds. The van der Waals surface area contributed by atoms with E-state index in [9.17, 15) is 0 Å². The predicted molar refractivity (Wildman–Crippen MR) is 114 cm³/mol. The van der Waals surface area contributed by atoms with Gasteiger partial charge in [-0.05, 0) is 6.42 Å². The maximum atomic E-state index is 6.22. The van der Waals surface area contributed by atoms with Gasteiger partial charge in [-0.15, -0.1) is 0 Å². The summed E-state index contributed by atoms with van der Waals surface area (Å²) >= 11 is 0. The van der Waals surface area contributed by atoms with Crippen molar-refractivity contribution in [2.45, 2.75) is 122 Å². The van der Waals surface area contributed by atoms with E-state index in [0.717, 1.165) is 6.42 Å². The highest BCUT2D eigenvalue weighted by Crippen LogP contribution is 2.14. The van der Waals surface area contributed by atoms with Crippen LogP contribution in [0.1, 0.15) is 122 Å². The van der Waals surface area contributed by atoms with Crippen LogP contribution in [0.2, 0.25) is 0 Å². The third kappa shape index (κ3) is 13.3. The molecule has 1 aromatic heterocycles. The summed E-state index contributed by atoms with van der Waals surface area (Å²) in [7, 11) is 0. The van der Waals surface area contributed by atoms with Crippen molar-refractivity contribution in [3.63, 3.8) is 0 Å². The Morgan fingerprint density at radius 2 is 0.962 bits per heavy atom. The molecule has 0 aliphatic carbocycles. The first-order chi connectivity index (χ1) is 12.8. The summed E-state index contributed by atoms with van der Waals surface area (Å²) in [5.74, 6) is 0. The van der Waals surface area contributed by atoms with Gasteiger partial charge in [0.2, 0.25) is 6.17 Å². The van der Waals surface area contributed by atoms with Crippen LogP contribution in [0.25, 0.3) is 0 Å².